The lowest BCUT2D eigenvalue weighted by Crippen LogP contribution is -2.37. The zero-order chi connectivity index (χ0) is 17.2. The molecule has 0 saturated heterocycles. The van der Waals surface area contributed by atoms with Gasteiger partial charge in [0.05, 0.1) is 6.54 Å². The van der Waals surface area contributed by atoms with Crippen LogP contribution < -0.4 is 16.4 Å². The van der Waals surface area contributed by atoms with Crippen LogP contribution in [-0.2, 0) is 6.54 Å². The quantitative estimate of drug-likeness (QED) is 0.242. The van der Waals surface area contributed by atoms with Gasteiger partial charge >= 0.3 is 0 Å². The maximum absolute atomic E-state index is 11.1. The molecule has 0 atom stereocenters. The topological polar surface area (TPSA) is 79.5 Å². The SMILES string of the molecule is CCNC(=NCc1ccc(C(N)=O)cc1)NCCCC1CCCC1.I. The maximum atomic E-state index is 11.1. The molecule has 1 aliphatic rings. The van der Waals surface area contributed by atoms with Gasteiger partial charge in [0, 0.05) is 18.7 Å². The zero-order valence-electron chi connectivity index (χ0n) is 15.1. The first-order valence-electron chi connectivity index (χ1n) is 9.10. The van der Waals surface area contributed by atoms with Crippen LogP contribution in [-0.4, -0.2) is 25.0 Å². The molecule has 0 spiro atoms. The lowest BCUT2D eigenvalue weighted by molar-refractivity contribution is 0.100. The number of nitrogens with one attached hydrogen (secondary N) is 2. The highest BCUT2D eigenvalue weighted by molar-refractivity contribution is 14.0. The van der Waals surface area contributed by atoms with Gasteiger partial charge in [-0.05, 0) is 43.4 Å². The summed E-state index contributed by atoms with van der Waals surface area (Å²) in [5, 5.41) is 6.68. The lowest BCUT2D eigenvalue weighted by Gasteiger charge is -2.13. The van der Waals surface area contributed by atoms with Gasteiger partial charge in [0.1, 0.15) is 0 Å². The molecule has 6 heteroatoms. The van der Waals surface area contributed by atoms with Gasteiger partial charge in [-0.2, -0.15) is 0 Å². The molecule has 1 aromatic rings. The average molecular weight is 458 g/mol. The molecule has 1 aromatic carbocycles. The Morgan fingerprint density at radius 1 is 1.20 bits per heavy atom. The number of hydrogen-bond donors (Lipinski definition) is 3. The first-order chi connectivity index (χ1) is 11.7. The summed E-state index contributed by atoms with van der Waals surface area (Å²) in [5.74, 6) is 1.39. The van der Waals surface area contributed by atoms with E-state index in [0.29, 0.717) is 12.1 Å². The van der Waals surface area contributed by atoms with Gasteiger partial charge in [-0.3, -0.25) is 4.79 Å². The fourth-order valence-corrected chi connectivity index (χ4v) is 3.18. The van der Waals surface area contributed by atoms with E-state index in [-0.39, 0.29) is 24.0 Å². The molecule has 1 fully saturated rings. The number of halogens is 1. The van der Waals surface area contributed by atoms with Crippen molar-refractivity contribution in [3.63, 3.8) is 0 Å². The third-order valence-corrected chi connectivity index (χ3v) is 4.56. The molecule has 1 amide bonds. The molecule has 0 aliphatic heterocycles. The number of amides is 1. The van der Waals surface area contributed by atoms with Gasteiger partial charge < -0.3 is 16.4 Å². The van der Waals surface area contributed by atoms with Crippen LogP contribution in [0.15, 0.2) is 29.3 Å². The number of nitrogens with two attached hydrogens (primary N) is 1. The summed E-state index contributed by atoms with van der Waals surface area (Å²) < 4.78 is 0. The predicted octanol–water partition coefficient (Wildman–Crippen LogP) is 3.43. The van der Waals surface area contributed by atoms with E-state index in [4.69, 9.17) is 5.73 Å². The number of carbonyl (C=O) groups is 1. The van der Waals surface area contributed by atoms with Gasteiger partial charge in [0.25, 0.3) is 0 Å². The van der Waals surface area contributed by atoms with Crippen molar-refractivity contribution in [1.82, 2.24) is 10.6 Å². The Kier molecular flexibility index (Phi) is 10.5. The number of carbonyl (C=O) groups excluding carboxylic acids is 1. The van der Waals surface area contributed by atoms with Crippen molar-refractivity contribution < 1.29 is 4.79 Å². The molecule has 0 aromatic heterocycles. The summed E-state index contributed by atoms with van der Waals surface area (Å²) in [7, 11) is 0. The number of aliphatic imine (C=N–C) groups is 1. The minimum absolute atomic E-state index is 0. The second kappa shape index (κ2) is 12.1. The number of hydrogen-bond acceptors (Lipinski definition) is 2. The first-order valence-corrected chi connectivity index (χ1v) is 9.10. The number of guanidine groups is 1. The first kappa shape index (κ1) is 21.7. The average Bonchev–Trinajstić information content (AvgIpc) is 3.10. The normalized spacial score (nSPS) is 14.8. The highest BCUT2D eigenvalue weighted by Gasteiger charge is 2.13. The molecule has 5 nitrogen and oxygen atoms in total. The molecule has 1 aliphatic carbocycles. The standard InChI is InChI=1S/C19H30N4O.HI/c1-2-21-19(22-13-5-8-15-6-3-4-7-15)23-14-16-9-11-17(12-10-16)18(20)24;/h9-12,15H,2-8,13-14H2,1H3,(H2,20,24)(H2,21,22,23);1H. The molecular weight excluding hydrogens is 427 g/mol. The summed E-state index contributed by atoms with van der Waals surface area (Å²) in [5.41, 5.74) is 6.84. The van der Waals surface area contributed by atoms with Crippen molar-refractivity contribution in [2.75, 3.05) is 13.1 Å². The maximum Gasteiger partial charge on any atom is 0.248 e. The van der Waals surface area contributed by atoms with E-state index in [2.05, 4.69) is 22.5 Å². The molecule has 1 saturated carbocycles. The molecule has 4 N–H and O–H groups in total. The minimum atomic E-state index is -0.401. The van der Waals surface area contributed by atoms with Crippen LogP contribution >= 0.6 is 24.0 Å². The largest absolute Gasteiger partial charge is 0.366 e. The molecule has 0 bridgehead atoms. The third-order valence-electron chi connectivity index (χ3n) is 4.56. The Bertz CT molecular complexity index is 539. The second-order valence-corrected chi connectivity index (χ2v) is 6.48. The predicted molar refractivity (Wildman–Crippen MR) is 114 cm³/mol. The Hall–Kier alpha value is -1.31. The Morgan fingerprint density at radius 2 is 1.88 bits per heavy atom. The van der Waals surface area contributed by atoms with E-state index in [1.165, 1.54) is 38.5 Å². The summed E-state index contributed by atoms with van der Waals surface area (Å²) >= 11 is 0. The smallest absolute Gasteiger partial charge is 0.248 e. The van der Waals surface area contributed by atoms with Gasteiger partial charge in [0.2, 0.25) is 5.91 Å². The van der Waals surface area contributed by atoms with Crippen LogP contribution in [0.25, 0.3) is 0 Å². The van der Waals surface area contributed by atoms with Crippen molar-refractivity contribution in [3.05, 3.63) is 35.4 Å². The Labute approximate surface area is 168 Å². The van der Waals surface area contributed by atoms with Crippen LogP contribution in [0.3, 0.4) is 0 Å². The van der Waals surface area contributed by atoms with Crippen LogP contribution in [0.1, 0.15) is 61.4 Å². The summed E-state index contributed by atoms with van der Waals surface area (Å²) in [6.07, 6.45) is 8.17. The number of primary amides is 1. The van der Waals surface area contributed by atoms with Crippen molar-refractivity contribution in [2.24, 2.45) is 16.6 Å². The monoisotopic (exact) mass is 458 g/mol. The molecule has 25 heavy (non-hydrogen) atoms. The van der Waals surface area contributed by atoms with Gasteiger partial charge in [0.15, 0.2) is 5.96 Å². The number of benzene rings is 1. The number of rotatable bonds is 8. The molecule has 0 unspecified atom stereocenters. The van der Waals surface area contributed by atoms with Crippen molar-refractivity contribution >= 4 is 35.8 Å². The molecule has 0 radical (unpaired) electrons. The van der Waals surface area contributed by atoms with Crippen molar-refractivity contribution in [2.45, 2.75) is 52.0 Å². The van der Waals surface area contributed by atoms with E-state index in [0.717, 1.165) is 30.5 Å². The van der Waals surface area contributed by atoms with Crippen LogP contribution in [0.5, 0.6) is 0 Å². The van der Waals surface area contributed by atoms with E-state index in [1.807, 2.05) is 12.1 Å². The molecule has 2 rings (SSSR count). The molecule has 140 valence electrons. The summed E-state index contributed by atoms with van der Waals surface area (Å²) in [6.45, 7) is 4.45. The van der Waals surface area contributed by atoms with Gasteiger partial charge in [-0.25, -0.2) is 4.99 Å². The zero-order valence-corrected chi connectivity index (χ0v) is 17.4. The lowest BCUT2D eigenvalue weighted by atomic mass is 10.0. The van der Waals surface area contributed by atoms with E-state index in [1.54, 1.807) is 12.1 Å². The van der Waals surface area contributed by atoms with E-state index >= 15 is 0 Å². The fraction of sp³-hybridized carbons (Fsp3) is 0.579. The van der Waals surface area contributed by atoms with E-state index < -0.39 is 5.91 Å². The van der Waals surface area contributed by atoms with E-state index in [9.17, 15) is 4.79 Å². The molecular formula is C19H31IN4O. The van der Waals surface area contributed by atoms with Gasteiger partial charge in [-0.1, -0.05) is 37.8 Å². The minimum Gasteiger partial charge on any atom is -0.366 e. The highest BCUT2D eigenvalue weighted by atomic mass is 127. The number of nitrogens with zero attached hydrogens (tertiary/aromatic N) is 1. The van der Waals surface area contributed by atoms with Crippen LogP contribution in [0.4, 0.5) is 0 Å². The van der Waals surface area contributed by atoms with Gasteiger partial charge in [-0.15, -0.1) is 24.0 Å². The Morgan fingerprint density at radius 3 is 2.48 bits per heavy atom. The third kappa shape index (κ3) is 8.07. The van der Waals surface area contributed by atoms with Crippen LogP contribution in [0, 0.1) is 5.92 Å². The van der Waals surface area contributed by atoms with Crippen molar-refractivity contribution in [1.29, 1.82) is 0 Å². The summed E-state index contributed by atoms with van der Waals surface area (Å²) in [6, 6.07) is 7.28. The second-order valence-electron chi connectivity index (χ2n) is 6.48. The highest BCUT2D eigenvalue weighted by Crippen LogP contribution is 2.28. The molecule has 0 heterocycles. The summed E-state index contributed by atoms with van der Waals surface area (Å²) in [4.78, 5) is 15.7. The Balaban J connectivity index is 0.00000312. The van der Waals surface area contributed by atoms with Crippen LogP contribution in [0.2, 0.25) is 0 Å². The van der Waals surface area contributed by atoms with Crippen molar-refractivity contribution in [3.8, 4) is 0 Å². The fourth-order valence-electron chi connectivity index (χ4n) is 3.18.